The molecule has 116 valence electrons. The van der Waals surface area contributed by atoms with Crippen molar-refractivity contribution >= 4 is 15.7 Å². The van der Waals surface area contributed by atoms with Crippen LogP contribution in [-0.4, -0.2) is 21.0 Å². The first-order valence-corrected chi connectivity index (χ1v) is 9.38. The average molecular weight is 308 g/mol. The molecule has 0 spiro atoms. The van der Waals surface area contributed by atoms with Crippen LogP contribution in [0.2, 0.25) is 0 Å². The number of rotatable bonds is 4. The number of hydrogen-bond acceptors (Lipinski definition) is 3. The molecule has 2 N–H and O–H groups in total. The molecular formula is C16H24N2O2S. The van der Waals surface area contributed by atoms with E-state index in [2.05, 4.69) is 23.9 Å². The Morgan fingerprint density at radius 3 is 2.86 bits per heavy atom. The molecule has 1 aliphatic carbocycles. The summed E-state index contributed by atoms with van der Waals surface area (Å²) >= 11 is 0. The highest BCUT2D eigenvalue weighted by atomic mass is 32.2. The molecule has 0 aromatic heterocycles. The minimum Gasteiger partial charge on any atom is -0.384 e. The third kappa shape index (κ3) is 2.81. The second-order valence-electron chi connectivity index (χ2n) is 6.33. The van der Waals surface area contributed by atoms with Gasteiger partial charge >= 0.3 is 0 Å². The van der Waals surface area contributed by atoms with Gasteiger partial charge in [-0.25, -0.2) is 13.1 Å². The van der Waals surface area contributed by atoms with Crippen LogP contribution in [-0.2, 0) is 16.4 Å². The number of benzene rings is 1. The van der Waals surface area contributed by atoms with Gasteiger partial charge in [-0.3, -0.25) is 0 Å². The molecule has 1 aromatic rings. The maximum Gasteiger partial charge on any atom is 0.240 e. The number of fused-ring (bicyclic) bond motifs is 1. The lowest BCUT2D eigenvalue weighted by molar-refractivity contribution is 0.368. The molecule has 1 aromatic carbocycles. The summed E-state index contributed by atoms with van der Waals surface area (Å²) in [6.45, 7) is 5.24. The summed E-state index contributed by atoms with van der Waals surface area (Å²) in [6.07, 6.45) is 4.17. The third-order valence-corrected chi connectivity index (χ3v) is 6.65. The van der Waals surface area contributed by atoms with Gasteiger partial charge in [0.15, 0.2) is 0 Å². The van der Waals surface area contributed by atoms with E-state index in [1.807, 2.05) is 6.07 Å². The van der Waals surface area contributed by atoms with Crippen LogP contribution >= 0.6 is 0 Å². The molecule has 1 heterocycles. The normalized spacial score (nSPS) is 28.4. The highest BCUT2D eigenvalue weighted by molar-refractivity contribution is 7.89. The number of hydrogen-bond donors (Lipinski definition) is 2. The molecule has 0 radical (unpaired) electrons. The van der Waals surface area contributed by atoms with Crippen molar-refractivity contribution in [3.05, 3.63) is 23.8 Å². The predicted molar refractivity (Wildman–Crippen MR) is 84.9 cm³/mol. The second kappa shape index (κ2) is 5.61. The van der Waals surface area contributed by atoms with E-state index in [0.29, 0.717) is 16.7 Å². The van der Waals surface area contributed by atoms with E-state index in [1.165, 1.54) is 5.56 Å². The molecule has 4 nitrogen and oxygen atoms in total. The Labute approximate surface area is 127 Å². The van der Waals surface area contributed by atoms with Crippen LogP contribution < -0.4 is 10.0 Å². The van der Waals surface area contributed by atoms with Crippen molar-refractivity contribution in [3.63, 3.8) is 0 Å². The van der Waals surface area contributed by atoms with Gasteiger partial charge in [0, 0.05) is 18.3 Å². The SMILES string of the molecule is CCC1CCC(NS(=O)(=O)c2ccc3c(c2)NCC3)C1C. The number of anilines is 1. The first-order chi connectivity index (χ1) is 10.0. The van der Waals surface area contributed by atoms with Gasteiger partial charge in [-0.15, -0.1) is 0 Å². The van der Waals surface area contributed by atoms with Gasteiger partial charge in [0.2, 0.25) is 10.0 Å². The quantitative estimate of drug-likeness (QED) is 0.899. The lowest BCUT2D eigenvalue weighted by Gasteiger charge is -2.21. The molecule has 2 aliphatic rings. The first-order valence-electron chi connectivity index (χ1n) is 7.90. The van der Waals surface area contributed by atoms with Crippen LogP contribution in [0.5, 0.6) is 0 Å². The van der Waals surface area contributed by atoms with Gasteiger partial charge in [-0.1, -0.05) is 26.3 Å². The van der Waals surface area contributed by atoms with Crippen molar-refractivity contribution in [3.8, 4) is 0 Å². The molecule has 3 unspecified atom stereocenters. The van der Waals surface area contributed by atoms with Gasteiger partial charge in [0.1, 0.15) is 0 Å². The van der Waals surface area contributed by atoms with E-state index >= 15 is 0 Å². The van der Waals surface area contributed by atoms with Gasteiger partial charge in [0.25, 0.3) is 0 Å². The number of sulfonamides is 1. The van der Waals surface area contributed by atoms with Crippen LogP contribution in [0, 0.1) is 11.8 Å². The van der Waals surface area contributed by atoms with E-state index in [1.54, 1.807) is 12.1 Å². The third-order valence-electron chi connectivity index (χ3n) is 5.16. The monoisotopic (exact) mass is 308 g/mol. The Balaban J connectivity index is 1.78. The molecule has 0 amide bonds. The highest BCUT2D eigenvalue weighted by Gasteiger charge is 2.34. The Bertz CT molecular complexity index is 627. The molecular weight excluding hydrogens is 284 g/mol. The van der Waals surface area contributed by atoms with E-state index in [0.717, 1.165) is 37.9 Å². The van der Waals surface area contributed by atoms with E-state index in [-0.39, 0.29) is 6.04 Å². The summed E-state index contributed by atoms with van der Waals surface area (Å²) in [6, 6.07) is 5.49. The van der Waals surface area contributed by atoms with Crippen LogP contribution in [0.25, 0.3) is 0 Å². The molecule has 3 rings (SSSR count). The van der Waals surface area contributed by atoms with Gasteiger partial charge < -0.3 is 5.32 Å². The smallest absolute Gasteiger partial charge is 0.240 e. The van der Waals surface area contributed by atoms with Crippen LogP contribution in [0.1, 0.15) is 38.7 Å². The van der Waals surface area contributed by atoms with Crippen molar-refractivity contribution < 1.29 is 8.42 Å². The van der Waals surface area contributed by atoms with Crippen molar-refractivity contribution in [2.75, 3.05) is 11.9 Å². The predicted octanol–water partition coefficient (Wildman–Crippen LogP) is 2.76. The molecule has 21 heavy (non-hydrogen) atoms. The summed E-state index contributed by atoms with van der Waals surface area (Å²) in [5.74, 6) is 1.05. The molecule has 5 heteroatoms. The zero-order chi connectivity index (χ0) is 15.0. The first kappa shape index (κ1) is 14.9. The summed E-state index contributed by atoms with van der Waals surface area (Å²) < 4.78 is 28.1. The maximum atomic E-state index is 12.6. The molecule has 1 fully saturated rings. The topological polar surface area (TPSA) is 58.2 Å². The van der Waals surface area contributed by atoms with Crippen molar-refractivity contribution in [2.45, 2.75) is 50.5 Å². The Morgan fingerprint density at radius 2 is 2.14 bits per heavy atom. The Morgan fingerprint density at radius 1 is 1.33 bits per heavy atom. The number of nitrogens with one attached hydrogen (secondary N) is 2. The molecule has 1 saturated carbocycles. The lowest BCUT2D eigenvalue weighted by Crippen LogP contribution is -2.37. The Kier molecular flexibility index (Phi) is 3.97. The molecule has 1 aliphatic heterocycles. The van der Waals surface area contributed by atoms with Crippen molar-refractivity contribution in [1.29, 1.82) is 0 Å². The molecule has 3 atom stereocenters. The fourth-order valence-corrected chi connectivity index (χ4v) is 5.08. The zero-order valence-corrected chi connectivity index (χ0v) is 13.5. The fraction of sp³-hybridized carbons (Fsp3) is 0.625. The summed E-state index contributed by atoms with van der Waals surface area (Å²) in [7, 11) is -3.42. The van der Waals surface area contributed by atoms with E-state index < -0.39 is 10.0 Å². The van der Waals surface area contributed by atoms with Gasteiger partial charge in [-0.2, -0.15) is 0 Å². The van der Waals surface area contributed by atoms with Crippen molar-refractivity contribution in [1.82, 2.24) is 4.72 Å². The van der Waals surface area contributed by atoms with Crippen LogP contribution in [0.3, 0.4) is 0 Å². The second-order valence-corrected chi connectivity index (χ2v) is 8.04. The van der Waals surface area contributed by atoms with Crippen molar-refractivity contribution in [2.24, 2.45) is 11.8 Å². The fourth-order valence-electron chi connectivity index (χ4n) is 3.69. The van der Waals surface area contributed by atoms with Gasteiger partial charge in [0.05, 0.1) is 4.90 Å². The van der Waals surface area contributed by atoms with Gasteiger partial charge in [-0.05, 0) is 48.8 Å². The van der Waals surface area contributed by atoms with E-state index in [9.17, 15) is 8.42 Å². The lowest BCUT2D eigenvalue weighted by atomic mass is 9.94. The van der Waals surface area contributed by atoms with E-state index in [4.69, 9.17) is 0 Å². The minimum absolute atomic E-state index is 0.0705. The average Bonchev–Trinajstić information content (AvgIpc) is 3.05. The Hall–Kier alpha value is -1.07. The zero-order valence-electron chi connectivity index (χ0n) is 12.7. The summed E-state index contributed by atoms with van der Waals surface area (Å²) in [5, 5.41) is 3.24. The van der Waals surface area contributed by atoms with Crippen LogP contribution in [0.15, 0.2) is 23.1 Å². The summed E-state index contributed by atoms with van der Waals surface area (Å²) in [4.78, 5) is 0.378. The standard InChI is InChI=1S/C16H24N2O2S/c1-3-12-5-7-15(11(12)2)18-21(19,20)14-6-4-13-8-9-17-16(13)10-14/h4,6,10-12,15,17-18H,3,5,7-9H2,1-2H3. The minimum atomic E-state index is -3.42. The molecule has 0 bridgehead atoms. The molecule has 0 saturated heterocycles. The summed E-state index contributed by atoms with van der Waals surface area (Å²) in [5.41, 5.74) is 2.16. The largest absolute Gasteiger partial charge is 0.384 e. The maximum absolute atomic E-state index is 12.6. The van der Waals surface area contributed by atoms with Crippen LogP contribution in [0.4, 0.5) is 5.69 Å². The highest BCUT2D eigenvalue weighted by Crippen LogP contribution is 2.35.